The summed E-state index contributed by atoms with van der Waals surface area (Å²) in [6.07, 6.45) is 0.0759. The Balaban J connectivity index is 2.14. The molecule has 0 radical (unpaired) electrons. The van der Waals surface area contributed by atoms with Crippen molar-refractivity contribution in [1.29, 1.82) is 0 Å². The molecule has 0 saturated heterocycles. The third-order valence-corrected chi connectivity index (χ3v) is 5.02. The van der Waals surface area contributed by atoms with Gasteiger partial charge in [-0.3, -0.25) is 0 Å². The number of hydrogen-bond donors (Lipinski definition) is 1. The van der Waals surface area contributed by atoms with E-state index in [2.05, 4.69) is 31.9 Å². The van der Waals surface area contributed by atoms with E-state index in [9.17, 15) is 5.11 Å². The van der Waals surface area contributed by atoms with Crippen LogP contribution >= 0.6 is 54.8 Å². The Morgan fingerprint density at radius 2 is 1.88 bits per heavy atom. The van der Waals surface area contributed by atoms with Crippen molar-refractivity contribution in [2.45, 2.75) is 12.5 Å². The SMILES string of the molecule is OC(Cc1ccc(Cl)cc1)c1cc(Br)sc1Br. The van der Waals surface area contributed by atoms with Crippen molar-refractivity contribution < 1.29 is 5.11 Å². The molecule has 17 heavy (non-hydrogen) atoms. The van der Waals surface area contributed by atoms with E-state index in [0.29, 0.717) is 11.4 Å². The number of halogens is 3. The molecule has 1 unspecified atom stereocenters. The summed E-state index contributed by atoms with van der Waals surface area (Å²) >= 11 is 14.2. The molecule has 0 amide bonds. The number of hydrogen-bond acceptors (Lipinski definition) is 2. The lowest BCUT2D eigenvalue weighted by Gasteiger charge is -2.09. The van der Waals surface area contributed by atoms with E-state index < -0.39 is 6.10 Å². The average molecular weight is 397 g/mol. The van der Waals surface area contributed by atoms with Gasteiger partial charge < -0.3 is 5.11 Å². The third kappa shape index (κ3) is 3.55. The summed E-state index contributed by atoms with van der Waals surface area (Å²) in [6, 6.07) is 9.47. The van der Waals surface area contributed by atoms with Crippen molar-refractivity contribution >= 4 is 54.8 Å². The van der Waals surface area contributed by atoms with Crippen LogP contribution in [0.25, 0.3) is 0 Å². The summed E-state index contributed by atoms with van der Waals surface area (Å²) in [5, 5.41) is 10.9. The minimum atomic E-state index is -0.506. The van der Waals surface area contributed by atoms with Crippen molar-refractivity contribution in [1.82, 2.24) is 0 Å². The van der Waals surface area contributed by atoms with E-state index in [1.807, 2.05) is 30.3 Å². The summed E-state index contributed by atoms with van der Waals surface area (Å²) in [4.78, 5) is 0. The molecule has 0 spiro atoms. The minimum absolute atomic E-state index is 0.506. The molecule has 1 N–H and O–H groups in total. The Labute approximate surface area is 126 Å². The maximum absolute atomic E-state index is 10.2. The molecular weight excluding hydrogens is 387 g/mol. The lowest BCUT2D eigenvalue weighted by molar-refractivity contribution is 0.178. The van der Waals surface area contributed by atoms with Crippen LogP contribution < -0.4 is 0 Å². The maximum atomic E-state index is 10.2. The van der Waals surface area contributed by atoms with Crippen LogP contribution in [0, 0.1) is 0 Å². The van der Waals surface area contributed by atoms with Gasteiger partial charge in [0, 0.05) is 17.0 Å². The van der Waals surface area contributed by atoms with Crippen molar-refractivity contribution in [3.8, 4) is 0 Å². The molecule has 0 aliphatic rings. The van der Waals surface area contributed by atoms with Crippen LogP contribution in [0.4, 0.5) is 0 Å². The van der Waals surface area contributed by atoms with E-state index in [0.717, 1.165) is 18.7 Å². The van der Waals surface area contributed by atoms with E-state index in [4.69, 9.17) is 11.6 Å². The van der Waals surface area contributed by atoms with Gasteiger partial charge in [0.05, 0.1) is 13.7 Å². The van der Waals surface area contributed by atoms with E-state index in [1.165, 1.54) is 0 Å². The summed E-state index contributed by atoms with van der Waals surface area (Å²) in [5.74, 6) is 0. The topological polar surface area (TPSA) is 20.2 Å². The second-order valence-electron chi connectivity index (χ2n) is 3.63. The van der Waals surface area contributed by atoms with Gasteiger partial charge in [0.2, 0.25) is 0 Å². The van der Waals surface area contributed by atoms with E-state index in [1.54, 1.807) is 11.3 Å². The highest BCUT2D eigenvalue weighted by Gasteiger charge is 2.15. The van der Waals surface area contributed by atoms with Gasteiger partial charge in [-0.1, -0.05) is 23.7 Å². The Morgan fingerprint density at radius 3 is 2.41 bits per heavy atom. The van der Waals surface area contributed by atoms with Gasteiger partial charge in [0.1, 0.15) is 0 Å². The Morgan fingerprint density at radius 1 is 1.24 bits per heavy atom. The predicted octanol–water partition coefficient (Wildman–Crippen LogP) is 5.20. The molecule has 90 valence electrons. The summed E-state index contributed by atoms with van der Waals surface area (Å²) in [5.41, 5.74) is 1.98. The van der Waals surface area contributed by atoms with Crippen LogP contribution in [-0.4, -0.2) is 5.11 Å². The van der Waals surface area contributed by atoms with Gasteiger partial charge in [-0.2, -0.15) is 0 Å². The van der Waals surface area contributed by atoms with Gasteiger partial charge in [0.15, 0.2) is 0 Å². The zero-order valence-electron chi connectivity index (χ0n) is 8.66. The molecule has 0 aliphatic heterocycles. The predicted molar refractivity (Wildman–Crippen MR) is 79.8 cm³/mol. The normalized spacial score (nSPS) is 12.7. The fourth-order valence-electron chi connectivity index (χ4n) is 1.53. The smallest absolute Gasteiger partial charge is 0.0849 e. The first kappa shape index (κ1) is 13.6. The second kappa shape index (κ2) is 5.85. The second-order valence-corrected chi connectivity index (χ2v) is 7.81. The molecule has 0 fully saturated rings. The van der Waals surface area contributed by atoms with Crippen molar-refractivity contribution in [2.75, 3.05) is 0 Å². The fourth-order valence-corrected chi connectivity index (χ4v) is 4.62. The molecule has 1 heterocycles. The number of benzene rings is 1. The van der Waals surface area contributed by atoms with Gasteiger partial charge in [-0.25, -0.2) is 0 Å². The Hall–Kier alpha value is 0.130. The lowest BCUT2D eigenvalue weighted by Crippen LogP contribution is -2.00. The molecule has 0 saturated carbocycles. The Kier molecular flexibility index (Phi) is 4.66. The average Bonchev–Trinajstić information content (AvgIpc) is 2.61. The van der Waals surface area contributed by atoms with Crippen LogP contribution in [0.15, 0.2) is 37.9 Å². The standard InChI is InChI=1S/C12H9Br2ClOS/c13-11-6-9(12(14)17-11)10(16)5-7-1-3-8(15)4-2-7/h1-4,6,10,16H,5H2. The van der Waals surface area contributed by atoms with Gasteiger partial charge >= 0.3 is 0 Å². The zero-order valence-corrected chi connectivity index (χ0v) is 13.4. The highest BCUT2D eigenvalue weighted by Crippen LogP contribution is 2.36. The number of aliphatic hydroxyl groups is 1. The first-order valence-electron chi connectivity index (χ1n) is 4.93. The van der Waals surface area contributed by atoms with Gasteiger partial charge in [-0.15, -0.1) is 11.3 Å². The molecule has 1 atom stereocenters. The third-order valence-electron chi connectivity index (χ3n) is 2.38. The molecule has 0 aliphatic carbocycles. The van der Waals surface area contributed by atoms with Crippen LogP contribution in [-0.2, 0) is 6.42 Å². The van der Waals surface area contributed by atoms with Crippen LogP contribution in [0.1, 0.15) is 17.2 Å². The first-order chi connectivity index (χ1) is 8.06. The van der Waals surface area contributed by atoms with Crippen LogP contribution in [0.2, 0.25) is 5.02 Å². The molecular formula is C12H9Br2ClOS. The first-order valence-corrected chi connectivity index (χ1v) is 7.71. The largest absolute Gasteiger partial charge is 0.388 e. The van der Waals surface area contributed by atoms with Crippen molar-refractivity contribution in [3.05, 3.63) is 54.1 Å². The lowest BCUT2D eigenvalue weighted by atomic mass is 10.0. The maximum Gasteiger partial charge on any atom is 0.0849 e. The van der Waals surface area contributed by atoms with Gasteiger partial charge in [0.25, 0.3) is 0 Å². The van der Waals surface area contributed by atoms with Crippen molar-refractivity contribution in [3.63, 3.8) is 0 Å². The van der Waals surface area contributed by atoms with Crippen LogP contribution in [0.5, 0.6) is 0 Å². The Bertz CT molecular complexity index is 510. The molecule has 1 nitrogen and oxygen atoms in total. The zero-order chi connectivity index (χ0) is 12.4. The number of rotatable bonds is 3. The minimum Gasteiger partial charge on any atom is -0.388 e. The fraction of sp³-hybridized carbons (Fsp3) is 0.167. The summed E-state index contributed by atoms with van der Waals surface area (Å²) < 4.78 is 1.97. The van der Waals surface area contributed by atoms with Crippen LogP contribution in [0.3, 0.4) is 0 Å². The molecule has 2 rings (SSSR count). The summed E-state index contributed by atoms with van der Waals surface area (Å²) in [7, 11) is 0. The number of aliphatic hydroxyl groups excluding tert-OH is 1. The highest BCUT2D eigenvalue weighted by atomic mass is 79.9. The number of thiophene rings is 1. The van der Waals surface area contributed by atoms with E-state index >= 15 is 0 Å². The van der Waals surface area contributed by atoms with Crippen molar-refractivity contribution in [2.24, 2.45) is 0 Å². The molecule has 2 aromatic rings. The molecule has 0 bridgehead atoms. The monoisotopic (exact) mass is 394 g/mol. The van der Waals surface area contributed by atoms with Gasteiger partial charge in [-0.05, 0) is 55.6 Å². The molecule has 5 heteroatoms. The molecule has 1 aromatic carbocycles. The van der Waals surface area contributed by atoms with E-state index in [-0.39, 0.29) is 0 Å². The summed E-state index contributed by atoms with van der Waals surface area (Å²) in [6.45, 7) is 0. The molecule has 1 aromatic heterocycles. The quantitative estimate of drug-likeness (QED) is 0.756. The highest BCUT2D eigenvalue weighted by molar-refractivity contribution is 9.12.